The van der Waals surface area contributed by atoms with E-state index >= 15 is 0 Å². The van der Waals surface area contributed by atoms with Crippen molar-refractivity contribution in [3.63, 3.8) is 0 Å². The molecule has 7 nitrogen and oxygen atoms in total. The second kappa shape index (κ2) is 8.10. The number of pyridine rings is 1. The molecule has 0 atom stereocenters. The summed E-state index contributed by atoms with van der Waals surface area (Å²) in [5.41, 5.74) is 3.34. The van der Waals surface area contributed by atoms with E-state index in [9.17, 15) is 27.6 Å². The van der Waals surface area contributed by atoms with Crippen molar-refractivity contribution in [2.45, 2.75) is 6.18 Å². The van der Waals surface area contributed by atoms with Gasteiger partial charge in [0, 0.05) is 11.8 Å². The van der Waals surface area contributed by atoms with Crippen molar-refractivity contribution in [3.05, 3.63) is 65.5 Å². The number of nitrogens with one attached hydrogen (secondary N) is 3. The Morgan fingerprint density at radius 2 is 1.62 bits per heavy atom. The number of rotatable bonds is 4. The summed E-state index contributed by atoms with van der Waals surface area (Å²) < 4.78 is 37.4. The minimum Gasteiger partial charge on any atom is -0.343 e. The molecule has 2 rings (SSSR count). The summed E-state index contributed by atoms with van der Waals surface area (Å²) >= 11 is 0. The summed E-state index contributed by atoms with van der Waals surface area (Å²) in [5, 5.41) is 2.22. The van der Waals surface area contributed by atoms with Crippen LogP contribution in [0.4, 0.5) is 13.2 Å². The van der Waals surface area contributed by atoms with Gasteiger partial charge in [0.25, 0.3) is 17.7 Å². The second-order valence-corrected chi connectivity index (χ2v) is 4.98. The molecule has 0 unspecified atom stereocenters. The molecule has 1 aromatic heterocycles. The molecule has 0 radical (unpaired) electrons. The lowest BCUT2D eigenvalue weighted by Gasteiger charge is -2.09. The van der Waals surface area contributed by atoms with E-state index in [0.717, 1.165) is 24.3 Å². The lowest BCUT2D eigenvalue weighted by molar-refractivity contribution is -0.137. The number of alkyl halides is 3. The summed E-state index contributed by atoms with van der Waals surface area (Å²) in [5.74, 6) is -2.10. The van der Waals surface area contributed by atoms with Crippen molar-refractivity contribution in [1.29, 1.82) is 0 Å². The van der Waals surface area contributed by atoms with Crippen LogP contribution in [0, 0.1) is 0 Å². The molecule has 3 N–H and O–H groups in total. The van der Waals surface area contributed by atoms with Crippen LogP contribution in [-0.2, 0) is 11.0 Å². The van der Waals surface area contributed by atoms with E-state index in [4.69, 9.17) is 0 Å². The number of benzene rings is 1. The molecule has 0 aliphatic rings. The summed E-state index contributed by atoms with van der Waals surface area (Å²) in [7, 11) is 0. The molecule has 0 aliphatic heterocycles. The zero-order valence-electron chi connectivity index (χ0n) is 13.1. The molecule has 136 valence electrons. The van der Waals surface area contributed by atoms with Crippen LogP contribution >= 0.6 is 0 Å². The maximum absolute atomic E-state index is 12.5. The van der Waals surface area contributed by atoms with E-state index in [1.165, 1.54) is 12.3 Å². The largest absolute Gasteiger partial charge is 0.416 e. The molecular formula is C16H13F3N4O3. The highest BCUT2D eigenvalue weighted by Gasteiger charge is 2.30. The molecular weight excluding hydrogens is 353 g/mol. The van der Waals surface area contributed by atoms with Gasteiger partial charge in [-0.15, -0.1) is 0 Å². The van der Waals surface area contributed by atoms with Crippen LogP contribution in [0.1, 0.15) is 26.4 Å². The van der Waals surface area contributed by atoms with Crippen LogP contribution < -0.4 is 16.2 Å². The zero-order valence-corrected chi connectivity index (χ0v) is 13.1. The molecule has 1 heterocycles. The average Bonchev–Trinajstić information content (AvgIpc) is 2.64. The molecule has 26 heavy (non-hydrogen) atoms. The van der Waals surface area contributed by atoms with Crippen LogP contribution in [-0.4, -0.2) is 29.3 Å². The third-order valence-corrected chi connectivity index (χ3v) is 3.10. The fraction of sp³-hybridized carbons (Fsp3) is 0.125. The molecule has 3 amide bonds. The molecule has 2 aromatic rings. The van der Waals surface area contributed by atoms with E-state index < -0.39 is 36.0 Å². The predicted molar refractivity (Wildman–Crippen MR) is 83.6 cm³/mol. The number of aromatic nitrogens is 1. The molecule has 0 saturated carbocycles. The zero-order chi connectivity index (χ0) is 19.2. The maximum atomic E-state index is 12.5. The molecule has 10 heteroatoms. The van der Waals surface area contributed by atoms with Gasteiger partial charge in [-0.3, -0.25) is 30.2 Å². The Labute approximate surface area is 145 Å². The highest BCUT2D eigenvalue weighted by molar-refractivity contribution is 5.97. The third kappa shape index (κ3) is 5.30. The number of halogens is 3. The van der Waals surface area contributed by atoms with E-state index in [1.807, 2.05) is 0 Å². The van der Waals surface area contributed by atoms with Crippen LogP contribution in [0.3, 0.4) is 0 Å². The summed E-state index contributed by atoms with van der Waals surface area (Å²) in [6.07, 6.45) is -3.10. The van der Waals surface area contributed by atoms with Gasteiger partial charge in [-0.25, -0.2) is 0 Å². The third-order valence-electron chi connectivity index (χ3n) is 3.10. The topological polar surface area (TPSA) is 100 Å². The van der Waals surface area contributed by atoms with Crippen molar-refractivity contribution in [2.24, 2.45) is 0 Å². The number of nitrogens with zero attached hydrogens (tertiary/aromatic N) is 1. The van der Waals surface area contributed by atoms with E-state index in [-0.39, 0.29) is 11.3 Å². The first kappa shape index (κ1) is 18.9. The van der Waals surface area contributed by atoms with Gasteiger partial charge < -0.3 is 5.32 Å². The molecule has 0 saturated heterocycles. The predicted octanol–water partition coefficient (Wildman–Crippen LogP) is 1.29. The molecule has 0 spiro atoms. The number of hydrogen-bond acceptors (Lipinski definition) is 4. The fourth-order valence-corrected chi connectivity index (χ4v) is 1.80. The van der Waals surface area contributed by atoms with Crippen LogP contribution in [0.25, 0.3) is 0 Å². The van der Waals surface area contributed by atoms with Crippen LogP contribution in [0.5, 0.6) is 0 Å². The number of hydrogen-bond donors (Lipinski definition) is 3. The van der Waals surface area contributed by atoms with Crippen LogP contribution in [0.15, 0.2) is 48.7 Å². The number of carbonyl (C=O) groups is 3. The number of amides is 3. The van der Waals surface area contributed by atoms with Crippen molar-refractivity contribution in [3.8, 4) is 0 Å². The first-order valence-electron chi connectivity index (χ1n) is 7.23. The molecule has 0 aliphatic carbocycles. The Hall–Kier alpha value is -3.43. The Bertz CT molecular complexity index is 793. The van der Waals surface area contributed by atoms with E-state index in [2.05, 4.69) is 21.2 Å². The van der Waals surface area contributed by atoms with Gasteiger partial charge in [0.15, 0.2) is 0 Å². The van der Waals surface area contributed by atoms with Gasteiger partial charge in [-0.2, -0.15) is 13.2 Å². The van der Waals surface area contributed by atoms with Gasteiger partial charge in [0.1, 0.15) is 5.69 Å². The summed E-state index contributed by atoms with van der Waals surface area (Å²) in [6.45, 7) is -0.484. The molecule has 1 aromatic carbocycles. The van der Waals surface area contributed by atoms with Crippen molar-refractivity contribution in [2.75, 3.05) is 6.54 Å². The molecule has 0 bridgehead atoms. The van der Waals surface area contributed by atoms with Crippen LogP contribution in [0.2, 0.25) is 0 Å². The Morgan fingerprint density at radius 1 is 0.923 bits per heavy atom. The average molecular weight is 366 g/mol. The van der Waals surface area contributed by atoms with Gasteiger partial charge in [-0.05, 0) is 36.4 Å². The standard InChI is InChI=1S/C16H13F3N4O3/c17-16(18,19)11-6-4-10(5-7-11)14(25)21-9-13(24)22-23-15(26)12-3-1-2-8-20-12/h1-8H,9H2,(H,21,25)(H,22,24)(H,23,26). The minimum absolute atomic E-state index is 0.0386. The van der Waals surface area contributed by atoms with Crippen molar-refractivity contribution >= 4 is 17.7 Å². The van der Waals surface area contributed by atoms with E-state index in [1.54, 1.807) is 12.1 Å². The molecule has 0 fully saturated rings. The Balaban J connectivity index is 1.80. The lowest BCUT2D eigenvalue weighted by Crippen LogP contribution is -2.46. The van der Waals surface area contributed by atoms with Gasteiger partial charge in [0.05, 0.1) is 12.1 Å². The van der Waals surface area contributed by atoms with Crippen molar-refractivity contribution < 1.29 is 27.6 Å². The van der Waals surface area contributed by atoms with Gasteiger partial charge in [-0.1, -0.05) is 6.07 Å². The lowest BCUT2D eigenvalue weighted by atomic mass is 10.1. The second-order valence-electron chi connectivity index (χ2n) is 4.98. The summed E-state index contributed by atoms with van der Waals surface area (Å²) in [4.78, 5) is 38.8. The maximum Gasteiger partial charge on any atom is 0.416 e. The smallest absolute Gasteiger partial charge is 0.343 e. The summed E-state index contributed by atoms with van der Waals surface area (Å²) in [6, 6.07) is 8.18. The van der Waals surface area contributed by atoms with Gasteiger partial charge in [0.2, 0.25) is 0 Å². The highest BCUT2D eigenvalue weighted by Crippen LogP contribution is 2.28. The normalized spacial score (nSPS) is 10.7. The quantitative estimate of drug-likeness (QED) is 0.710. The first-order chi connectivity index (χ1) is 12.3. The van der Waals surface area contributed by atoms with E-state index in [0.29, 0.717) is 0 Å². The minimum atomic E-state index is -4.50. The van der Waals surface area contributed by atoms with Gasteiger partial charge >= 0.3 is 6.18 Å². The van der Waals surface area contributed by atoms with Crippen molar-refractivity contribution in [1.82, 2.24) is 21.2 Å². The fourth-order valence-electron chi connectivity index (χ4n) is 1.80. The monoisotopic (exact) mass is 366 g/mol. The Kier molecular flexibility index (Phi) is 5.89. The first-order valence-corrected chi connectivity index (χ1v) is 7.23. The number of carbonyl (C=O) groups excluding carboxylic acids is 3. The Morgan fingerprint density at radius 3 is 2.19 bits per heavy atom. The SMILES string of the molecule is O=C(CNC(=O)c1ccc(C(F)(F)F)cc1)NNC(=O)c1ccccn1. The highest BCUT2D eigenvalue weighted by atomic mass is 19.4. The number of hydrazine groups is 1.